The third-order valence-corrected chi connectivity index (χ3v) is 5.83. The number of allylic oxidation sites excluding steroid dienone is 1. The van der Waals surface area contributed by atoms with Crippen molar-refractivity contribution in [3.8, 4) is 0 Å². The molecular formula is C23H33N3O4. The number of carboxylic acid groups (broad SMARTS) is 1. The third-order valence-electron chi connectivity index (χ3n) is 5.83. The highest BCUT2D eigenvalue weighted by molar-refractivity contribution is 5.80. The molecule has 2 rings (SSSR count). The van der Waals surface area contributed by atoms with Gasteiger partial charge in [-0.2, -0.15) is 0 Å². The van der Waals surface area contributed by atoms with Gasteiger partial charge in [0.15, 0.2) is 0 Å². The van der Waals surface area contributed by atoms with Crippen LogP contribution < -0.4 is 10.6 Å². The van der Waals surface area contributed by atoms with E-state index in [-0.39, 0.29) is 36.5 Å². The Morgan fingerprint density at radius 1 is 1.20 bits per heavy atom. The number of nitrogens with zero attached hydrogens (tertiary/aromatic N) is 1. The number of nitrogens with one attached hydrogen (secondary N) is 2. The maximum Gasteiger partial charge on any atom is 0.303 e. The minimum Gasteiger partial charge on any atom is -0.481 e. The second-order valence-electron chi connectivity index (χ2n) is 8.45. The number of rotatable bonds is 10. The second kappa shape index (κ2) is 11.5. The molecule has 1 heterocycles. The van der Waals surface area contributed by atoms with Crippen LogP contribution in [-0.4, -0.2) is 34.4 Å². The summed E-state index contributed by atoms with van der Waals surface area (Å²) in [5.41, 5.74) is 2.15. The monoisotopic (exact) mass is 415 g/mol. The summed E-state index contributed by atoms with van der Waals surface area (Å²) < 4.78 is 0. The van der Waals surface area contributed by atoms with Crippen molar-refractivity contribution in [1.29, 1.82) is 0 Å². The number of hydrogen-bond acceptors (Lipinski definition) is 4. The molecule has 1 aromatic heterocycles. The topological polar surface area (TPSA) is 108 Å². The van der Waals surface area contributed by atoms with Gasteiger partial charge in [0.05, 0.1) is 6.42 Å². The van der Waals surface area contributed by atoms with E-state index < -0.39 is 5.97 Å². The lowest BCUT2D eigenvalue weighted by atomic mass is 9.69. The van der Waals surface area contributed by atoms with Gasteiger partial charge < -0.3 is 15.7 Å². The Balaban J connectivity index is 1.91. The molecule has 0 aromatic carbocycles. The molecule has 0 spiro atoms. The summed E-state index contributed by atoms with van der Waals surface area (Å²) in [5.74, 6) is -0.0368. The summed E-state index contributed by atoms with van der Waals surface area (Å²) >= 11 is 0. The number of aromatic nitrogens is 1. The van der Waals surface area contributed by atoms with Crippen LogP contribution in [0, 0.1) is 23.7 Å². The average Bonchev–Trinajstić information content (AvgIpc) is 2.71. The minimum atomic E-state index is -0.969. The number of aliphatic carboxylic acids is 1. The van der Waals surface area contributed by atoms with Crippen molar-refractivity contribution in [3.63, 3.8) is 0 Å². The Kier molecular flexibility index (Phi) is 9.02. The zero-order valence-electron chi connectivity index (χ0n) is 18.1. The summed E-state index contributed by atoms with van der Waals surface area (Å²) in [6.07, 6.45) is 6.82. The number of amides is 2. The van der Waals surface area contributed by atoms with Gasteiger partial charge in [-0.15, -0.1) is 0 Å². The molecule has 3 atom stereocenters. The molecule has 1 aliphatic carbocycles. The lowest BCUT2D eigenvalue weighted by Crippen LogP contribution is -2.37. The van der Waals surface area contributed by atoms with Crippen molar-refractivity contribution < 1.29 is 19.5 Å². The molecule has 7 nitrogen and oxygen atoms in total. The Hall–Kier alpha value is -2.70. The van der Waals surface area contributed by atoms with E-state index in [0.717, 1.165) is 12.0 Å². The van der Waals surface area contributed by atoms with E-state index in [0.29, 0.717) is 31.3 Å². The van der Waals surface area contributed by atoms with Crippen LogP contribution in [0.1, 0.15) is 52.0 Å². The summed E-state index contributed by atoms with van der Waals surface area (Å²) in [5, 5.41) is 14.6. The van der Waals surface area contributed by atoms with E-state index in [4.69, 9.17) is 5.11 Å². The van der Waals surface area contributed by atoms with E-state index in [2.05, 4.69) is 42.5 Å². The summed E-state index contributed by atoms with van der Waals surface area (Å²) in [6.45, 7) is 7.35. The third kappa shape index (κ3) is 7.61. The molecule has 164 valence electrons. The fourth-order valence-electron chi connectivity index (χ4n) is 4.05. The molecule has 1 aliphatic rings. The van der Waals surface area contributed by atoms with Crippen LogP contribution in [0.15, 0.2) is 36.2 Å². The van der Waals surface area contributed by atoms with E-state index in [1.807, 2.05) is 12.1 Å². The van der Waals surface area contributed by atoms with Crippen LogP contribution in [-0.2, 0) is 20.9 Å². The molecule has 0 fully saturated rings. The molecule has 3 unspecified atom stereocenters. The maximum absolute atomic E-state index is 12.5. The van der Waals surface area contributed by atoms with E-state index in [9.17, 15) is 14.4 Å². The molecule has 0 bridgehead atoms. The van der Waals surface area contributed by atoms with Gasteiger partial charge in [-0.1, -0.05) is 31.6 Å². The molecular weight excluding hydrogens is 382 g/mol. The zero-order valence-corrected chi connectivity index (χ0v) is 18.1. The second-order valence-corrected chi connectivity index (χ2v) is 8.45. The fraction of sp³-hybridized carbons (Fsp3) is 0.565. The number of carboxylic acids is 1. The number of hydrogen-bond donors (Lipinski definition) is 3. The predicted octanol–water partition coefficient (Wildman–Crippen LogP) is 2.92. The SMILES string of the molecule is CC1=CC(CNC(=O)CCC(=O)O)C(C(C)C)CC1CC(=O)NCc1cccnc1. The van der Waals surface area contributed by atoms with Crippen molar-refractivity contribution in [2.45, 2.75) is 53.0 Å². The number of pyridine rings is 1. The Morgan fingerprint density at radius 3 is 2.60 bits per heavy atom. The standard InChI is InChI=1S/C23H33N3O4/c1-15(2)20-10-18(11-22(28)25-13-17-5-4-8-24-12-17)16(3)9-19(20)14-26-21(27)6-7-23(29)30/h4-5,8-9,12,15,18-20H,6-7,10-11,13-14H2,1-3H3,(H,25,28)(H,26,27)(H,29,30). The highest BCUT2D eigenvalue weighted by Crippen LogP contribution is 2.38. The van der Waals surface area contributed by atoms with Crippen LogP contribution in [0.3, 0.4) is 0 Å². The van der Waals surface area contributed by atoms with Crippen molar-refractivity contribution in [2.75, 3.05) is 6.54 Å². The summed E-state index contributed by atoms with van der Waals surface area (Å²) in [4.78, 5) is 39.0. The molecule has 0 aliphatic heterocycles. The lowest BCUT2D eigenvalue weighted by molar-refractivity contribution is -0.138. The van der Waals surface area contributed by atoms with Crippen molar-refractivity contribution in [2.24, 2.45) is 23.7 Å². The minimum absolute atomic E-state index is 0.00315. The van der Waals surface area contributed by atoms with Gasteiger partial charge in [0.25, 0.3) is 0 Å². The first-order valence-electron chi connectivity index (χ1n) is 10.6. The Labute approximate surface area is 178 Å². The van der Waals surface area contributed by atoms with E-state index >= 15 is 0 Å². The molecule has 0 saturated carbocycles. The zero-order chi connectivity index (χ0) is 22.1. The molecule has 3 N–H and O–H groups in total. The number of carbonyl (C=O) groups is 3. The first kappa shape index (κ1) is 23.6. The van der Waals surface area contributed by atoms with Crippen molar-refractivity contribution in [1.82, 2.24) is 15.6 Å². The van der Waals surface area contributed by atoms with Gasteiger partial charge in [0.2, 0.25) is 11.8 Å². The lowest BCUT2D eigenvalue weighted by Gasteiger charge is -2.37. The van der Waals surface area contributed by atoms with Gasteiger partial charge in [0, 0.05) is 38.3 Å². The van der Waals surface area contributed by atoms with Crippen LogP contribution in [0.2, 0.25) is 0 Å². The van der Waals surface area contributed by atoms with Gasteiger partial charge in [0.1, 0.15) is 0 Å². The van der Waals surface area contributed by atoms with Gasteiger partial charge in [-0.05, 0) is 48.6 Å². The summed E-state index contributed by atoms with van der Waals surface area (Å²) in [6, 6.07) is 3.78. The highest BCUT2D eigenvalue weighted by atomic mass is 16.4. The van der Waals surface area contributed by atoms with Gasteiger partial charge in [-0.25, -0.2) is 0 Å². The number of carbonyl (C=O) groups excluding carboxylic acids is 2. The van der Waals surface area contributed by atoms with Crippen molar-refractivity contribution >= 4 is 17.8 Å². The molecule has 30 heavy (non-hydrogen) atoms. The Bertz CT molecular complexity index is 761. The Morgan fingerprint density at radius 2 is 1.97 bits per heavy atom. The van der Waals surface area contributed by atoms with Crippen LogP contribution in [0.4, 0.5) is 0 Å². The van der Waals surface area contributed by atoms with Crippen LogP contribution in [0.25, 0.3) is 0 Å². The largest absolute Gasteiger partial charge is 0.481 e. The fourth-order valence-corrected chi connectivity index (χ4v) is 4.05. The first-order chi connectivity index (χ1) is 14.3. The summed E-state index contributed by atoms with van der Waals surface area (Å²) in [7, 11) is 0. The molecule has 1 aromatic rings. The highest BCUT2D eigenvalue weighted by Gasteiger charge is 2.32. The molecule has 0 saturated heterocycles. The van der Waals surface area contributed by atoms with Crippen LogP contribution >= 0.6 is 0 Å². The molecule has 0 radical (unpaired) electrons. The van der Waals surface area contributed by atoms with Crippen LogP contribution in [0.5, 0.6) is 0 Å². The maximum atomic E-state index is 12.5. The molecule has 2 amide bonds. The average molecular weight is 416 g/mol. The quantitative estimate of drug-likeness (QED) is 0.509. The first-order valence-corrected chi connectivity index (χ1v) is 10.6. The van der Waals surface area contributed by atoms with E-state index in [1.54, 1.807) is 12.4 Å². The predicted molar refractivity (Wildman–Crippen MR) is 114 cm³/mol. The van der Waals surface area contributed by atoms with Gasteiger partial charge in [-0.3, -0.25) is 19.4 Å². The van der Waals surface area contributed by atoms with Crippen molar-refractivity contribution in [3.05, 3.63) is 41.7 Å². The normalized spacial score (nSPS) is 21.1. The van der Waals surface area contributed by atoms with E-state index in [1.165, 1.54) is 5.57 Å². The smallest absolute Gasteiger partial charge is 0.303 e. The molecule has 7 heteroatoms. The van der Waals surface area contributed by atoms with Gasteiger partial charge >= 0.3 is 5.97 Å².